The third kappa shape index (κ3) is 3.13. The number of ether oxygens (including phenoxy) is 1. The molecule has 6 nitrogen and oxygen atoms in total. The highest BCUT2D eigenvalue weighted by molar-refractivity contribution is 6.00. The van der Waals surface area contributed by atoms with Crippen molar-refractivity contribution in [1.82, 2.24) is 4.98 Å². The van der Waals surface area contributed by atoms with Crippen LogP contribution in [0, 0.1) is 0 Å². The van der Waals surface area contributed by atoms with E-state index in [1.165, 1.54) is 0 Å². The molecule has 122 valence electrons. The molecule has 0 fully saturated rings. The summed E-state index contributed by atoms with van der Waals surface area (Å²) in [6.07, 6.45) is 1.96. The number of aliphatic hydroxyl groups excluding tert-OH is 1. The molecule has 24 heavy (non-hydrogen) atoms. The zero-order chi connectivity index (χ0) is 17.1. The van der Waals surface area contributed by atoms with Gasteiger partial charge in [-0.3, -0.25) is 9.78 Å². The maximum absolute atomic E-state index is 11.7. The molecular formula is C18H17N3O3. The number of nitrogens with zero attached hydrogens (tertiary/aromatic N) is 1. The highest BCUT2D eigenvalue weighted by Crippen LogP contribution is 2.31. The summed E-state index contributed by atoms with van der Waals surface area (Å²) in [5.74, 6) is 0.627. The Morgan fingerprint density at radius 2 is 1.92 bits per heavy atom. The summed E-state index contributed by atoms with van der Waals surface area (Å²) in [6, 6.07) is 12.1. The van der Waals surface area contributed by atoms with Crippen LogP contribution in [0.1, 0.15) is 15.9 Å². The van der Waals surface area contributed by atoms with Gasteiger partial charge in [0.25, 0.3) is 0 Å². The number of hydrogen-bond acceptors (Lipinski definition) is 5. The van der Waals surface area contributed by atoms with E-state index in [9.17, 15) is 4.79 Å². The van der Waals surface area contributed by atoms with Gasteiger partial charge in [0.2, 0.25) is 5.91 Å². The normalized spacial score (nSPS) is 10.7. The monoisotopic (exact) mass is 323 g/mol. The van der Waals surface area contributed by atoms with Gasteiger partial charge >= 0.3 is 0 Å². The Labute approximate surface area is 138 Å². The zero-order valence-corrected chi connectivity index (χ0v) is 12.9. The maximum atomic E-state index is 11.7. The molecule has 1 heterocycles. The van der Waals surface area contributed by atoms with Gasteiger partial charge in [-0.2, -0.15) is 0 Å². The number of anilines is 1. The van der Waals surface area contributed by atoms with Crippen molar-refractivity contribution in [2.75, 3.05) is 12.3 Å². The van der Waals surface area contributed by atoms with Crippen molar-refractivity contribution in [3.8, 4) is 11.5 Å². The van der Waals surface area contributed by atoms with Crippen LogP contribution in [-0.4, -0.2) is 22.6 Å². The number of fused-ring (bicyclic) bond motifs is 1. The molecule has 1 amide bonds. The molecule has 2 aromatic carbocycles. The second kappa shape index (κ2) is 6.55. The van der Waals surface area contributed by atoms with E-state index in [2.05, 4.69) is 4.98 Å². The SMILES string of the molecule is NC(=O)c1cc2c(Oc3ccc(N)cc3)ccnc2cc1CCO. The van der Waals surface area contributed by atoms with E-state index >= 15 is 0 Å². The summed E-state index contributed by atoms with van der Waals surface area (Å²) in [6.45, 7) is -0.0760. The molecule has 0 aliphatic rings. The average Bonchev–Trinajstić information content (AvgIpc) is 2.57. The molecule has 0 saturated heterocycles. The molecule has 0 spiro atoms. The largest absolute Gasteiger partial charge is 0.457 e. The second-order valence-electron chi connectivity index (χ2n) is 5.34. The predicted octanol–water partition coefficient (Wildman–Crippen LogP) is 2.24. The van der Waals surface area contributed by atoms with Crippen molar-refractivity contribution >= 4 is 22.5 Å². The molecule has 0 aliphatic heterocycles. The van der Waals surface area contributed by atoms with Crippen LogP contribution in [0.4, 0.5) is 5.69 Å². The second-order valence-corrected chi connectivity index (χ2v) is 5.34. The lowest BCUT2D eigenvalue weighted by Crippen LogP contribution is -2.14. The van der Waals surface area contributed by atoms with Crippen LogP contribution in [0.5, 0.6) is 11.5 Å². The Morgan fingerprint density at radius 3 is 2.58 bits per heavy atom. The third-order valence-corrected chi connectivity index (χ3v) is 3.68. The molecular weight excluding hydrogens is 306 g/mol. The quantitative estimate of drug-likeness (QED) is 0.623. The van der Waals surface area contributed by atoms with Crippen LogP contribution in [0.15, 0.2) is 48.7 Å². The van der Waals surface area contributed by atoms with Crippen LogP contribution < -0.4 is 16.2 Å². The van der Waals surface area contributed by atoms with Crippen LogP contribution in [0.25, 0.3) is 10.9 Å². The zero-order valence-electron chi connectivity index (χ0n) is 12.9. The fraction of sp³-hybridized carbons (Fsp3) is 0.111. The Kier molecular flexibility index (Phi) is 4.31. The van der Waals surface area contributed by atoms with Gasteiger partial charge in [0.1, 0.15) is 11.5 Å². The molecule has 0 unspecified atom stereocenters. The molecule has 3 rings (SSSR count). The summed E-state index contributed by atoms with van der Waals surface area (Å²) in [4.78, 5) is 16.0. The number of aromatic nitrogens is 1. The van der Waals surface area contributed by atoms with Gasteiger partial charge in [0.15, 0.2) is 0 Å². The number of rotatable bonds is 5. The molecule has 0 saturated carbocycles. The van der Waals surface area contributed by atoms with Gasteiger partial charge in [-0.05, 0) is 54.4 Å². The van der Waals surface area contributed by atoms with E-state index in [1.807, 2.05) is 0 Å². The number of carbonyl (C=O) groups is 1. The van der Waals surface area contributed by atoms with Gasteiger partial charge in [-0.25, -0.2) is 0 Å². The first-order valence-corrected chi connectivity index (χ1v) is 7.44. The lowest BCUT2D eigenvalue weighted by atomic mass is 10.0. The third-order valence-electron chi connectivity index (χ3n) is 3.68. The van der Waals surface area contributed by atoms with E-state index in [0.29, 0.717) is 45.6 Å². The van der Waals surface area contributed by atoms with Crippen LogP contribution >= 0.6 is 0 Å². The molecule has 1 aromatic heterocycles. The lowest BCUT2D eigenvalue weighted by molar-refractivity contribution is 0.0999. The predicted molar refractivity (Wildman–Crippen MR) is 92.0 cm³/mol. The minimum Gasteiger partial charge on any atom is -0.457 e. The Bertz CT molecular complexity index is 892. The van der Waals surface area contributed by atoms with Crippen molar-refractivity contribution in [2.45, 2.75) is 6.42 Å². The van der Waals surface area contributed by atoms with Crippen molar-refractivity contribution in [2.24, 2.45) is 5.73 Å². The molecule has 0 aliphatic carbocycles. The van der Waals surface area contributed by atoms with Gasteiger partial charge in [0.05, 0.1) is 5.52 Å². The highest BCUT2D eigenvalue weighted by atomic mass is 16.5. The van der Waals surface area contributed by atoms with Crippen LogP contribution in [-0.2, 0) is 6.42 Å². The van der Waals surface area contributed by atoms with Gasteiger partial charge in [0, 0.05) is 29.4 Å². The van der Waals surface area contributed by atoms with E-state index in [-0.39, 0.29) is 6.61 Å². The summed E-state index contributed by atoms with van der Waals surface area (Å²) >= 11 is 0. The lowest BCUT2D eigenvalue weighted by Gasteiger charge is -2.12. The first kappa shape index (κ1) is 15.8. The number of hydrogen-bond donors (Lipinski definition) is 3. The Morgan fingerprint density at radius 1 is 1.17 bits per heavy atom. The van der Waals surface area contributed by atoms with Crippen LogP contribution in [0.2, 0.25) is 0 Å². The fourth-order valence-electron chi connectivity index (χ4n) is 2.52. The Hall–Kier alpha value is -3.12. The molecule has 0 atom stereocenters. The van der Waals surface area contributed by atoms with Crippen molar-refractivity contribution in [3.05, 3.63) is 59.8 Å². The van der Waals surface area contributed by atoms with Crippen molar-refractivity contribution in [3.63, 3.8) is 0 Å². The fourth-order valence-corrected chi connectivity index (χ4v) is 2.52. The minimum atomic E-state index is -0.553. The standard InChI is InChI=1S/C18H17N3O3/c19-12-1-3-13(4-2-12)24-17-5-7-21-16-9-11(6-8-22)14(18(20)23)10-15(16)17/h1-5,7,9-10,22H,6,8,19H2,(H2,20,23). The number of nitrogens with two attached hydrogens (primary N) is 2. The highest BCUT2D eigenvalue weighted by Gasteiger charge is 2.13. The Balaban J connectivity index is 2.09. The summed E-state index contributed by atoms with van der Waals surface area (Å²) < 4.78 is 5.88. The molecule has 3 aromatic rings. The van der Waals surface area contributed by atoms with E-state index in [0.717, 1.165) is 0 Å². The number of nitrogen functional groups attached to an aromatic ring is 1. The molecule has 0 bridgehead atoms. The number of benzene rings is 2. The first-order chi connectivity index (χ1) is 11.6. The van der Waals surface area contributed by atoms with Crippen molar-refractivity contribution in [1.29, 1.82) is 0 Å². The summed E-state index contributed by atoms with van der Waals surface area (Å²) in [5.41, 5.74) is 13.5. The van der Waals surface area contributed by atoms with E-state index in [4.69, 9.17) is 21.3 Å². The van der Waals surface area contributed by atoms with E-state index < -0.39 is 5.91 Å². The smallest absolute Gasteiger partial charge is 0.249 e. The number of carbonyl (C=O) groups excluding carboxylic acids is 1. The molecule has 5 N–H and O–H groups in total. The van der Waals surface area contributed by atoms with Crippen LogP contribution in [0.3, 0.4) is 0 Å². The summed E-state index contributed by atoms with van der Waals surface area (Å²) in [7, 11) is 0. The van der Waals surface area contributed by atoms with Crippen molar-refractivity contribution < 1.29 is 14.6 Å². The maximum Gasteiger partial charge on any atom is 0.249 e. The topological polar surface area (TPSA) is 111 Å². The van der Waals surface area contributed by atoms with Gasteiger partial charge in [-0.1, -0.05) is 0 Å². The van der Waals surface area contributed by atoms with Gasteiger partial charge in [-0.15, -0.1) is 0 Å². The van der Waals surface area contributed by atoms with Gasteiger partial charge < -0.3 is 21.3 Å². The number of pyridine rings is 1. The first-order valence-electron chi connectivity index (χ1n) is 7.44. The number of aliphatic hydroxyl groups is 1. The minimum absolute atomic E-state index is 0.0760. The van der Waals surface area contributed by atoms with E-state index in [1.54, 1.807) is 48.7 Å². The summed E-state index contributed by atoms with van der Waals surface area (Å²) in [5, 5.41) is 9.83. The molecule has 6 heteroatoms. The number of primary amides is 1. The number of amides is 1. The molecule has 0 radical (unpaired) electrons. The average molecular weight is 323 g/mol.